The molecule has 12 rings (SSSR count). The standard InChI is InChI=1S/12C8H15N2.6FH.18O.6Sb/c12*1-3-4-5-10-7-6-9(2)8-10;;;;;;;;;;;;;;;;;;;;;;;;;;;;;;/h12*6-8H,3-5H2,1-2H3;6*1H;;;;;;;;;;;;;;;;;;;;;;;;/q12*+1;;;;;;;;;;;;;12*-1;;;;;;. The van der Waals surface area contributed by atoms with Crippen LogP contribution in [0.1, 0.15) is 237 Å². The van der Waals surface area contributed by atoms with Gasteiger partial charge in [-0.25, -0.2) is 110 Å². The minimum atomic E-state index is -4.20. The van der Waals surface area contributed by atoms with E-state index in [2.05, 4.69) is 417 Å². The van der Waals surface area contributed by atoms with Crippen molar-refractivity contribution in [3.63, 3.8) is 0 Å². The topological polar surface area (TPSA) is 485 Å². The van der Waals surface area contributed by atoms with Crippen LogP contribution < -0.4 is 95.4 Å². The zero-order valence-electron chi connectivity index (χ0n) is 93.5. The normalized spacial score (nSPS) is 9.20. The van der Waals surface area contributed by atoms with Crippen molar-refractivity contribution in [2.24, 2.45) is 84.6 Å². The number of hydrogen-bond acceptors (Lipinski definition) is 18. The fourth-order valence-electron chi connectivity index (χ4n) is 11.7. The molecular formula is C96H186F6N24O18Sb6. The van der Waals surface area contributed by atoms with E-state index in [0.29, 0.717) is 0 Å². The summed E-state index contributed by atoms with van der Waals surface area (Å²) in [6, 6.07) is 0. The molecule has 6 radical (unpaired) electrons. The molecule has 54 heteroatoms. The summed E-state index contributed by atoms with van der Waals surface area (Å²) in [4.78, 5) is 0. The van der Waals surface area contributed by atoms with Crippen molar-refractivity contribution >= 4 is 126 Å². The van der Waals surface area contributed by atoms with E-state index in [4.69, 9.17) is 58.7 Å². The van der Waals surface area contributed by atoms with Crippen LogP contribution in [0, 0.1) is 0 Å². The number of imidazole rings is 12. The summed E-state index contributed by atoms with van der Waals surface area (Å²) in [5, 5.41) is 0. The summed E-state index contributed by atoms with van der Waals surface area (Å²) >= 11 is -25.2. The molecule has 12 aromatic rings. The van der Waals surface area contributed by atoms with Crippen molar-refractivity contribution in [3.05, 3.63) is 225 Å². The van der Waals surface area contributed by atoms with Crippen LogP contribution in [0.15, 0.2) is 225 Å². The van der Waals surface area contributed by atoms with Crippen molar-refractivity contribution in [1.82, 2.24) is 54.8 Å². The molecule has 0 spiro atoms. The molecule has 0 saturated heterocycles. The van der Waals surface area contributed by atoms with Gasteiger partial charge in [0.15, 0.2) is 0 Å². The number of aromatic nitrogens is 24. The first kappa shape index (κ1) is 168. The van der Waals surface area contributed by atoms with Gasteiger partial charge < -0.3 is 0 Å². The Balaban J connectivity index is -0.000000135. The van der Waals surface area contributed by atoms with Gasteiger partial charge in [-0.2, -0.15) is 0 Å². The second-order valence-electron chi connectivity index (χ2n) is 33.4. The summed E-state index contributed by atoms with van der Waals surface area (Å²) in [5.74, 6) is 0. The molecule has 12 heterocycles. The first-order valence-electron chi connectivity index (χ1n) is 49.3. The van der Waals surface area contributed by atoms with E-state index in [9.17, 15) is 0 Å². The molecule has 0 aliphatic heterocycles. The van der Waals surface area contributed by atoms with Crippen LogP contribution in [0.5, 0.6) is 0 Å². The van der Waals surface area contributed by atoms with Gasteiger partial charge in [0, 0.05) is 0 Å². The van der Waals surface area contributed by atoms with Crippen molar-refractivity contribution in [3.8, 4) is 0 Å². The summed E-state index contributed by atoms with van der Waals surface area (Å²) in [6.07, 6.45) is 106. The predicted octanol–water partition coefficient (Wildman–Crippen LogP) is -3.00. The molecule has 150 heavy (non-hydrogen) atoms. The quantitative estimate of drug-likeness (QED) is 0.0215. The Morgan fingerprint density at radius 3 is 0.233 bits per heavy atom. The third-order valence-electron chi connectivity index (χ3n) is 19.1. The summed E-state index contributed by atoms with van der Waals surface area (Å²) < 4.78 is 206. The Kier molecular flexibility index (Phi) is 132. The number of rotatable bonds is 36. The number of aryl methyl sites for hydroxylation is 24. The third-order valence-corrected chi connectivity index (χ3v) is 19.1. The van der Waals surface area contributed by atoms with E-state index < -0.39 is 126 Å². The van der Waals surface area contributed by atoms with Crippen molar-refractivity contribution < 1.29 is 142 Å². The molecule has 0 aromatic carbocycles. The average Bonchev–Trinajstić information content (AvgIpc) is 1.90. The second-order valence-corrected chi connectivity index (χ2v) is 41.0. The van der Waals surface area contributed by atoms with Gasteiger partial charge in [-0.1, -0.05) is 160 Å². The van der Waals surface area contributed by atoms with Crippen LogP contribution in [-0.4, -0.2) is 181 Å². The van der Waals surface area contributed by atoms with Crippen LogP contribution in [0.25, 0.3) is 0 Å². The van der Waals surface area contributed by atoms with E-state index in [1.165, 1.54) is 154 Å². The zero-order valence-corrected chi connectivity index (χ0v) is 109. The van der Waals surface area contributed by atoms with Crippen molar-refractivity contribution in [2.45, 2.75) is 316 Å². The molecule has 12 aromatic heterocycles. The summed E-state index contributed by atoms with van der Waals surface area (Å²) in [5.41, 5.74) is 0. The molecule has 0 N–H and O–H groups in total. The fraction of sp³-hybridized carbons (Fsp3) is 0.625. The maximum absolute atomic E-state index is 8.60. The Labute approximate surface area is 938 Å². The Hall–Kier alpha value is -6.67. The van der Waals surface area contributed by atoms with Gasteiger partial charge in [-0.05, 0) is 77.0 Å². The van der Waals surface area contributed by atoms with E-state index in [1.807, 2.05) is 84.6 Å². The molecule has 0 amide bonds. The predicted molar refractivity (Wildman–Crippen MR) is 540 cm³/mol. The van der Waals surface area contributed by atoms with Crippen LogP contribution in [-0.2, 0) is 181 Å². The third kappa shape index (κ3) is 125. The number of nitrogens with zero attached hydrogens (tertiary/aromatic N) is 24. The van der Waals surface area contributed by atoms with Gasteiger partial charge in [0.1, 0.15) is 149 Å². The van der Waals surface area contributed by atoms with Crippen molar-refractivity contribution in [1.29, 1.82) is 0 Å². The molecule has 0 atom stereocenters. The molecule has 0 unspecified atom stereocenters. The SMILES string of the molecule is CCCCn1cc[n+](C)c1.CCCCn1cc[n+](C)c1.CCCCn1cc[n+](C)c1.CCCCn1cc[n+](C)c1.CCCCn1cc[n+](C)c1.CCCCn1cc[n+](C)c1.CCCCn1cc[n+](C)c1.CCCCn1cc[n+](C)c1.CCCCn1cc[n+](C)c1.CCCCn1cc[n+](C)c1.CCCCn1cc[n+](C)c1.CCCCn1cc[n+](C)c1.F.F.F.F.F.F.[O]=[Sb]([O-])[O-].[O]=[Sb]([O-])[O-].[O]=[Sb]([O-])[O-].[O]=[Sb]([O-])[O-].[O]=[Sb]([O-])[O-].[O]=[Sb]([O-])[O-]. The first-order chi connectivity index (χ1) is 68.3. The molecular weight excluding hydrogens is 2620 g/mol. The Morgan fingerprint density at radius 1 is 0.147 bits per heavy atom. The van der Waals surface area contributed by atoms with Crippen molar-refractivity contribution in [2.75, 3.05) is 0 Å². The second kappa shape index (κ2) is 118. The van der Waals surface area contributed by atoms with Gasteiger partial charge in [0.2, 0.25) is 75.9 Å². The first-order valence-corrected chi connectivity index (χ1v) is 68.1. The van der Waals surface area contributed by atoms with Gasteiger partial charge in [0.05, 0.1) is 163 Å². The van der Waals surface area contributed by atoms with E-state index >= 15 is 0 Å². The van der Waals surface area contributed by atoms with Crippen LogP contribution >= 0.6 is 0 Å². The average molecular weight is 2810 g/mol. The number of unbranched alkanes of at least 4 members (excludes halogenated alkanes) is 12. The van der Waals surface area contributed by atoms with Crippen LogP contribution in [0.2, 0.25) is 0 Å². The molecule has 0 aliphatic carbocycles. The van der Waals surface area contributed by atoms with Crippen LogP contribution in [0.3, 0.4) is 0 Å². The maximum atomic E-state index is 8.60. The molecule has 870 valence electrons. The summed E-state index contributed by atoms with van der Waals surface area (Å²) in [7, 11) is 24.5. The molecule has 42 nitrogen and oxygen atoms in total. The molecule has 0 aliphatic rings. The van der Waals surface area contributed by atoms with Gasteiger partial charge in [-0.3, -0.25) is 28.2 Å². The van der Waals surface area contributed by atoms with E-state index in [1.54, 1.807) is 0 Å². The van der Waals surface area contributed by atoms with Gasteiger partial charge >= 0.3 is 185 Å². The van der Waals surface area contributed by atoms with Gasteiger partial charge in [0.25, 0.3) is 0 Å². The molecule has 0 fully saturated rings. The molecule has 0 saturated carbocycles. The Bertz CT molecular complexity index is 3940. The molecule has 0 bridgehead atoms. The number of halogens is 6. The zero-order chi connectivity index (χ0) is 110. The minimum absolute atomic E-state index is 0. The van der Waals surface area contributed by atoms with E-state index in [0.717, 1.165) is 78.5 Å². The monoisotopic (exact) mass is 2800 g/mol. The summed E-state index contributed by atoms with van der Waals surface area (Å²) in [6.45, 7) is 40.3. The number of hydrogen-bond donors (Lipinski definition) is 0. The fourth-order valence-corrected chi connectivity index (χ4v) is 11.7. The van der Waals surface area contributed by atoms with E-state index in [-0.39, 0.29) is 28.2 Å². The van der Waals surface area contributed by atoms with Crippen LogP contribution in [0.4, 0.5) is 28.2 Å². The van der Waals surface area contributed by atoms with Gasteiger partial charge in [-0.15, -0.1) is 0 Å². The Morgan fingerprint density at radius 2 is 0.200 bits per heavy atom.